The lowest BCUT2D eigenvalue weighted by Crippen LogP contribution is -2.39. The fourth-order valence-corrected chi connectivity index (χ4v) is 2.94. The third-order valence-corrected chi connectivity index (χ3v) is 4.34. The number of benzene rings is 1. The maximum atomic E-state index is 12.6. The zero-order valence-electron chi connectivity index (χ0n) is 11.4. The number of hydrogen-bond donors (Lipinski definition) is 0. The summed E-state index contributed by atoms with van der Waals surface area (Å²) in [4.78, 5) is 15.7. The quantitative estimate of drug-likeness (QED) is 0.760. The highest BCUT2D eigenvalue weighted by Gasteiger charge is 2.23. The normalized spacial score (nSPS) is 19.9. The van der Waals surface area contributed by atoms with Gasteiger partial charge in [0, 0.05) is 23.5 Å². The SMILES string of the molecule is CSc1ccc(C)c(C(=O)N2CCCC(C)C2)c1. The second-order valence-corrected chi connectivity index (χ2v) is 6.06. The number of carbonyl (C=O) groups excluding carboxylic acids is 1. The molecule has 1 heterocycles. The summed E-state index contributed by atoms with van der Waals surface area (Å²) in [7, 11) is 0. The molecule has 0 aromatic heterocycles. The van der Waals surface area contributed by atoms with Gasteiger partial charge in [0.25, 0.3) is 5.91 Å². The van der Waals surface area contributed by atoms with Gasteiger partial charge in [-0.1, -0.05) is 13.0 Å². The molecule has 1 fully saturated rings. The molecule has 1 unspecified atom stereocenters. The van der Waals surface area contributed by atoms with E-state index in [-0.39, 0.29) is 5.91 Å². The van der Waals surface area contributed by atoms with Crippen LogP contribution in [0.4, 0.5) is 0 Å². The Kier molecular flexibility index (Phi) is 4.33. The van der Waals surface area contributed by atoms with Crippen LogP contribution in [0.3, 0.4) is 0 Å². The Morgan fingerprint density at radius 1 is 1.44 bits per heavy atom. The van der Waals surface area contributed by atoms with E-state index >= 15 is 0 Å². The van der Waals surface area contributed by atoms with Gasteiger partial charge in [0.2, 0.25) is 0 Å². The predicted octanol–water partition coefficient (Wildman–Crippen LogP) is 3.59. The van der Waals surface area contributed by atoms with E-state index in [1.54, 1.807) is 11.8 Å². The fraction of sp³-hybridized carbons (Fsp3) is 0.533. The highest BCUT2D eigenvalue weighted by atomic mass is 32.2. The molecule has 0 bridgehead atoms. The molecule has 3 heteroatoms. The monoisotopic (exact) mass is 263 g/mol. The van der Waals surface area contributed by atoms with Crippen LogP contribution in [-0.2, 0) is 0 Å². The Hall–Kier alpha value is -0.960. The average Bonchev–Trinajstić information content (AvgIpc) is 2.38. The fourth-order valence-electron chi connectivity index (χ4n) is 2.50. The maximum Gasteiger partial charge on any atom is 0.254 e. The van der Waals surface area contributed by atoms with Crippen LogP contribution in [0.15, 0.2) is 23.1 Å². The standard InChI is InChI=1S/C15H21NOS/c1-11-5-4-8-16(10-11)15(17)14-9-13(18-3)7-6-12(14)2/h6-7,9,11H,4-5,8,10H2,1-3H3. The first-order chi connectivity index (χ1) is 8.61. The molecule has 0 saturated carbocycles. The third-order valence-electron chi connectivity index (χ3n) is 3.62. The minimum Gasteiger partial charge on any atom is -0.338 e. The van der Waals surface area contributed by atoms with Gasteiger partial charge >= 0.3 is 0 Å². The molecule has 1 aromatic rings. The smallest absolute Gasteiger partial charge is 0.254 e. The number of amides is 1. The largest absolute Gasteiger partial charge is 0.338 e. The molecule has 1 amide bonds. The van der Waals surface area contributed by atoms with Gasteiger partial charge in [-0.2, -0.15) is 0 Å². The molecule has 2 rings (SSSR count). The summed E-state index contributed by atoms with van der Waals surface area (Å²) in [5.41, 5.74) is 1.95. The van der Waals surface area contributed by atoms with Gasteiger partial charge in [-0.25, -0.2) is 0 Å². The van der Waals surface area contributed by atoms with Crippen LogP contribution in [0.5, 0.6) is 0 Å². The van der Waals surface area contributed by atoms with Crippen molar-refractivity contribution in [3.63, 3.8) is 0 Å². The van der Waals surface area contributed by atoms with Crippen molar-refractivity contribution in [2.75, 3.05) is 19.3 Å². The zero-order valence-corrected chi connectivity index (χ0v) is 12.2. The first-order valence-electron chi connectivity index (χ1n) is 6.55. The molecule has 0 aliphatic carbocycles. The van der Waals surface area contributed by atoms with Crippen LogP contribution in [0.2, 0.25) is 0 Å². The third kappa shape index (κ3) is 2.89. The molecule has 2 nitrogen and oxygen atoms in total. The van der Waals surface area contributed by atoms with Gasteiger partial charge < -0.3 is 4.90 Å². The van der Waals surface area contributed by atoms with Gasteiger partial charge in [-0.15, -0.1) is 11.8 Å². The summed E-state index contributed by atoms with van der Waals surface area (Å²) in [6, 6.07) is 6.16. The molecule has 0 spiro atoms. The molecule has 1 aliphatic heterocycles. The lowest BCUT2D eigenvalue weighted by atomic mass is 9.99. The van der Waals surface area contributed by atoms with E-state index in [1.165, 1.54) is 6.42 Å². The molecule has 18 heavy (non-hydrogen) atoms. The summed E-state index contributed by atoms with van der Waals surface area (Å²) in [6.07, 6.45) is 4.42. The Morgan fingerprint density at radius 2 is 2.22 bits per heavy atom. The molecule has 1 aromatic carbocycles. The number of rotatable bonds is 2. The predicted molar refractivity (Wildman–Crippen MR) is 77.3 cm³/mol. The van der Waals surface area contributed by atoms with Crippen molar-refractivity contribution in [1.82, 2.24) is 4.90 Å². The molecule has 0 radical (unpaired) electrons. The number of hydrogen-bond acceptors (Lipinski definition) is 2. The Labute approximate surface area is 114 Å². The van der Waals surface area contributed by atoms with Crippen molar-refractivity contribution in [3.8, 4) is 0 Å². The topological polar surface area (TPSA) is 20.3 Å². The van der Waals surface area contributed by atoms with Crippen molar-refractivity contribution in [2.45, 2.75) is 31.6 Å². The first kappa shape index (κ1) is 13.5. The van der Waals surface area contributed by atoms with E-state index in [0.717, 1.165) is 35.5 Å². The molecule has 1 saturated heterocycles. The number of carbonyl (C=O) groups is 1. The molecule has 98 valence electrons. The van der Waals surface area contributed by atoms with Gasteiger partial charge in [-0.3, -0.25) is 4.79 Å². The lowest BCUT2D eigenvalue weighted by molar-refractivity contribution is 0.0682. The Morgan fingerprint density at radius 3 is 2.89 bits per heavy atom. The highest BCUT2D eigenvalue weighted by Crippen LogP contribution is 2.23. The van der Waals surface area contributed by atoms with Crippen molar-refractivity contribution in [1.29, 1.82) is 0 Å². The summed E-state index contributed by atoms with van der Waals surface area (Å²) in [5, 5.41) is 0. The summed E-state index contributed by atoms with van der Waals surface area (Å²) in [5.74, 6) is 0.835. The average molecular weight is 263 g/mol. The minimum atomic E-state index is 0.204. The van der Waals surface area contributed by atoms with Crippen LogP contribution in [-0.4, -0.2) is 30.2 Å². The zero-order chi connectivity index (χ0) is 13.1. The molecular formula is C15H21NOS. The number of likely N-dealkylation sites (tertiary alicyclic amines) is 1. The highest BCUT2D eigenvalue weighted by molar-refractivity contribution is 7.98. The number of nitrogens with zero attached hydrogens (tertiary/aromatic N) is 1. The number of aryl methyl sites for hydroxylation is 1. The molecular weight excluding hydrogens is 242 g/mol. The van der Waals surface area contributed by atoms with Crippen LogP contribution in [0.1, 0.15) is 35.7 Å². The van der Waals surface area contributed by atoms with Crippen LogP contribution in [0.25, 0.3) is 0 Å². The number of thioether (sulfide) groups is 1. The van der Waals surface area contributed by atoms with Gasteiger partial charge in [0.1, 0.15) is 0 Å². The number of piperidine rings is 1. The van der Waals surface area contributed by atoms with Crippen molar-refractivity contribution in [3.05, 3.63) is 29.3 Å². The first-order valence-corrected chi connectivity index (χ1v) is 7.78. The van der Waals surface area contributed by atoms with Crippen molar-refractivity contribution in [2.24, 2.45) is 5.92 Å². The summed E-state index contributed by atoms with van der Waals surface area (Å²) < 4.78 is 0. The van der Waals surface area contributed by atoms with E-state index in [2.05, 4.69) is 13.0 Å². The maximum absolute atomic E-state index is 12.6. The van der Waals surface area contributed by atoms with Crippen LogP contribution in [0, 0.1) is 12.8 Å². The van der Waals surface area contributed by atoms with E-state index in [4.69, 9.17) is 0 Å². The van der Waals surface area contributed by atoms with E-state index in [9.17, 15) is 4.79 Å². The van der Waals surface area contributed by atoms with E-state index in [0.29, 0.717) is 5.92 Å². The summed E-state index contributed by atoms with van der Waals surface area (Å²) >= 11 is 1.69. The Balaban J connectivity index is 2.22. The van der Waals surface area contributed by atoms with Crippen LogP contribution >= 0.6 is 11.8 Å². The van der Waals surface area contributed by atoms with Gasteiger partial charge in [0.05, 0.1) is 0 Å². The van der Waals surface area contributed by atoms with Gasteiger partial charge in [0.15, 0.2) is 0 Å². The minimum absolute atomic E-state index is 0.204. The van der Waals surface area contributed by atoms with Crippen LogP contribution < -0.4 is 0 Å². The molecule has 1 aliphatic rings. The molecule has 0 N–H and O–H groups in total. The van der Waals surface area contributed by atoms with E-state index < -0.39 is 0 Å². The Bertz CT molecular complexity index is 444. The van der Waals surface area contributed by atoms with Gasteiger partial charge in [-0.05, 0) is 49.6 Å². The van der Waals surface area contributed by atoms with Crippen molar-refractivity contribution >= 4 is 17.7 Å². The summed E-state index contributed by atoms with van der Waals surface area (Å²) in [6.45, 7) is 6.06. The second kappa shape index (κ2) is 5.79. The second-order valence-electron chi connectivity index (χ2n) is 5.18. The van der Waals surface area contributed by atoms with E-state index in [1.807, 2.05) is 30.2 Å². The molecule has 1 atom stereocenters. The lowest BCUT2D eigenvalue weighted by Gasteiger charge is -2.31. The van der Waals surface area contributed by atoms with Crippen molar-refractivity contribution < 1.29 is 4.79 Å².